The van der Waals surface area contributed by atoms with Crippen molar-refractivity contribution in [2.75, 3.05) is 59.5 Å². The number of aliphatic hydroxyl groups excluding tert-OH is 2. The maximum Gasteiger partial charge on any atom is 0.101 e. The first-order chi connectivity index (χ1) is 8.31. The van der Waals surface area contributed by atoms with E-state index in [1.165, 1.54) is 0 Å². The van der Waals surface area contributed by atoms with Gasteiger partial charge in [0, 0.05) is 6.61 Å². The maximum absolute atomic E-state index is 9.35. The molecule has 1 atom stereocenters. The summed E-state index contributed by atoms with van der Waals surface area (Å²) in [5.41, 5.74) is 0. The van der Waals surface area contributed by atoms with Gasteiger partial charge in [-0.2, -0.15) is 0 Å². The van der Waals surface area contributed by atoms with Gasteiger partial charge in [-0.25, -0.2) is 0 Å². The lowest BCUT2D eigenvalue weighted by Crippen LogP contribution is -2.23. The van der Waals surface area contributed by atoms with Crippen LogP contribution in [0.4, 0.5) is 0 Å². The fourth-order valence-corrected chi connectivity index (χ4v) is 1.03. The first-order valence-electron chi connectivity index (χ1n) is 5.91. The van der Waals surface area contributed by atoms with Crippen molar-refractivity contribution in [2.45, 2.75) is 13.0 Å². The second-order valence-corrected chi connectivity index (χ2v) is 3.34. The minimum Gasteiger partial charge on any atom is -0.394 e. The number of aliphatic hydroxyl groups is 2. The molecule has 0 aliphatic rings. The first kappa shape index (κ1) is 16.8. The molecule has 0 amide bonds. The van der Waals surface area contributed by atoms with Gasteiger partial charge in [0.1, 0.15) is 6.10 Å². The zero-order valence-electron chi connectivity index (χ0n) is 10.5. The molecular formula is C11H24O6. The Hall–Kier alpha value is -0.240. The second kappa shape index (κ2) is 13.8. The highest BCUT2D eigenvalue weighted by molar-refractivity contribution is 4.50. The Balaban J connectivity index is 3.02. The molecule has 0 aliphatic heterocycles. The third-order valence-electron chi connectivity index (χ3n) is 1.80. The molecule has 0 heterocycles. The number of hydrogen-bond donors (Lipinski definition) is 2. The van der Waals surface area contributed by atoms with E-state index in [4.69, 9.17) is 24.1 Å². The molecule has 0 fully saturated rings. The van der Waals surface area contributed by atoms with E-state index in [0.717, 1.165) is 0 Å². The lowest BCUT2D eigenvalue weighted by atomic mass is 10.4. The van der Waals surface area contributed by atoms with Crippen molar-refractivity contribution < 1.29 is 29.2 Å². The van der Waals surface area contributed by atoms with Crippen LogP contribution < -0.4 is 0 Å². The van der Waals surface area contributed by atoms with Crippen molar-refractivity contribution in [3.8, 4) is 0 Å². The summed E-state index contributed by atoms with van der Waals surface area (Å²) >= 11 is 0. The molecule has 0 aromatic heterocycles. The number of hydrogen-bond acceptors (Lipinski definition) is 6. The van der Waals surface area contributed by atoms with Crippen molar-refractivity contribution in [3.63, 3.8) is 0 Å². The fraction of sp³-hybridized carbons (Fsp3) is 1.00. The third-order valence-corrected chi connectivity index (χ3v) is 1.80. The standard InChI is InChI=1S/C11H24O6/c1-2-14-9-11(13)10-17-8-7-16-6-5-15-4-3-12/h11-13H,2-10H2,1H3. The highest BCUT2D eigenvalue weighted by atomic mass is 16.5. The summed E-state index contributed by atoms with van der Waals surface area (Å²) in [6, 6.07) is 0. The zero-order valence-corrected chi connectivity index (χ0v) is 10.5. The lowest BCUT2D eigenvalue weighted by molar-refractivity contribution is -0.0357. The predicted octanol–water partition coefficient (Wildman–Crippen LogP) is -0.574. The first-order valence-corrected chi connectivity index (χ1v) is 5.91. The number of rotatable bonds is 13. The third kappa shape index (κ3) is 13.7. The molecule has 6 heteroatoms. The Kier molecular flexibility index (Phi) is 13.6. The Morgan fingerprint density at radius 3 is 1.94 bits per heavy atom. The Bertz CT molecular complexity index is 144. The van der Waals surface area contributed by atoms with Gasteiger partial charge >= 0.3 is 0 Å². The van der Waals surface area contributed by atoms with Crippen molar-refractivity contribution in [2.24, 2.45) is 0 Å². The molecule has 17 heavy (non-hydrogen) atoms. The zero-order chi connectivity index (χ0) is 12.8. The molecule has 0 bridgehead atoms. The van der Waals surface area contributed by atoms with E-state index in [9.17, 15) is 5.11 Å². The van der Waals surface area contributed by atoms with Crippen LogP contribution >= 0.6 is 0 Å². The molecule has 0 saturated carbocycles. The summed E-state index contributed by atoms with van der Waals surface area (Å²) in [5, 5.41) is 17.8. The maximum atomic E-state index is 9.35. The Morgan fingerprint density at radius 2 is 1.35 bits per heavy atom. The molecule has 0 rings (SSSR count). The molecule has 0 spiro atoms. The molecule has 0 aliphatic carbocycles. The van der Waals surface area contributed by atoms with Crippen molar-refractivity contribution >= 4 is 0 Å². The van der Waals surface area contributed by atoms with Crippen molar-refractivity contribution in [3.05, 3.63) is 0 Å². The Labute approximate surface area is 102 Å². The monoisotopic (exact) mass is 252 g/mol. The Morgan fingerprint density at radius 1 is 0.824 bits per heavy atom. The van der Waals surface area contributed by atoms with E-state index in [2.05, 4.69) is 0 Å². The molecule has 0 aromatic rings. The lowest BCUT2D eigenvalue weighted by Gasteiger charge is -2.11. The van der Waals surface area contributed by atoms with E-state index in [1.54, 1.807) is 0 Å². The molecule has 2 N–H and O–H groups in total. The molecule has 1 unspecified atom stereocenters. The minimum atomic E-state index is -0.581. The molecule has 6 nitrogen and oxygen atoms in total. The van der Waals surface area contributed by atoms with Gasteiger partial charge in [0.25, 0.3) is 0 Å². The van der Waals surface area contributed by atoms with Crippen molar-refractivity contribution in [1.29, 1.82) is 0 Å². The SMILES string of the molecule is CCOCC(O)COCCOCCOCCO. The summed E-state index contributed by atoms with van der Waals surface area (Å²) in [7, 11) is 0. The smallest absolute Gasteiger partial charge is 0.101 e. The van der Waals surface area contributed by atoms with Crippen LogP contribution in [0.15, 0.2) is 0 Å². The minimum absolute atomic E-state index is 0.0286. The van der Waals surface area contributed by atoms with E-state index in [-0.39, 0.29) is 13.2 Å². The molecule has 0 radical (unpaired) electrons. The van der Waals surface area contributed by atoms with Gasteiger partial charge < -0.3 is 29.2 Å². The highest BCUT2D eigenvalue weighted by Crippen LogP contribution is 1.88. The predicted molar refractivity (Wildman–Crippen MR) is 62.0 cm³/mol. The van der Waals surface area contributed by atoms with Gasteiger partial charge in [-0.3, -0.25) is 0 Å². The molecule has 0 saturated heterocycles. The van der Waals surface area contributed by atoms with Gasteiger partial charge in [-0.1, -0.05) is 0 Å². The molecule has 104 valence electrons. The van der Waals surface area contributed by atoms with Gasteiger partial charge in [0.15, 0.2) is 0 Å². The van der Waals surface area contributed by atoms with Crippen LogP contribution in [-0.4, -0.2) is 75.8 Å². The van der Waals surface area contributed by atoms with Crippen molar-refractivity contribution in [1.82, 2.24) is 0 Å². The van der Waals surface area contributed by atoms with Crippen LogP contribution in [-0.2, 0) is 18.9 Å². The van der Waals surface area contributed by atoms with Gasteiger partial charge in [-0.15, -0.1) is 0 Å². The average molecular weight is 252 g/mol. The van der Waals surface area contributed by atoms with Crippen LogP contribution in [0.3, 0.4) is 0 Å². The largest absolute Gasteiger partial charge is 0.394 e. The summed E-state index contributed by atoms with van der Waals surface area (Å²) < 4.78 is 20.4. The van der Waals surface area contributed by atoms with E-state index in [1.807, 2.05) is 6.92 Å². The highest BCUT2D eigenvalue weighted by Gasteiger charge is 2.03. The topological polar surface area (TPSA) is 77.4 Å². The van der Waals surface area contributed by atoms with Gasteiger partial charge in [-0.05, 0) is 6.92 Å². The average Bonchev–Trinajstić information content (AvgIpc) is 2.34. The van der Waals surface area contributed by atoms with E-state index >= 15 is 0 Å². The second-order valence-electron chi connectivity index (χ2n) is 3.34. The summed E-state index contributed by atoms with van der Waals surface area (Å²) in [5.74, 6) is 0. The van der Waals surface area contributed by atoms with E-state index < -0.39 is 6.10 Å². The van der Waals surface area contributed by atoms with Crippen LogP contribution in [0.1, 0.15) is 6.92 Å². The fourth-order valence-electron chi connectivity index (χ4n) is 1.03. The van der Waals surface area contributed by atoms with E-state index in [0.29, 0.717) is 46.2 Å². The number of ether oxygens (including phenoxy) is 4. The van der Waals surface area contributed by atoms with Crippen LogP contribution in [0.5, 0.6) is 0 Å². The van der Waals surface area contributed by atoms with Gasteiger partial charge in [0.05, 0.1) is 52.9 Å². The van der Waals surface area contributed by atoms with Crippen LogP contribution in [0.2, 0.25) is 0 Å². The summed E-state index contributed by atoms with van der Waals surface area (Å²) in [6.45, 7) is 5.22. The van der Waals surface area contributed by atoms with Crippen LogP contribution in [0, 0.1) is 0 Å². The van der Waals surface area contributed by atoms with Crippen LogP contribution in [0.25, 0.3) is 0 Å². The summed E-state index contributed by atoms with van der Waals surface area (Å²) in [6.07, 6.45) is -0.581. The quantitative estimate of drug-likeness (QED) is 0.427. The molecular weight excluding hydrogens is 228 g/mol. The summed E-state index contributed by atoms with van der Waals surface area (Å²) in [4.78, 5) is 0. The normalized spacial score (nSPS) is 12.9. The van der Waals surface area contributed by atoms with Gasteiger partial charge in [0.2, 0.25) is 0 Å². The molecule has 0 aromatic carbocycles.